The van der Waals surface area contributed by atoms with Gasteiger partial charge in [0.2, 0.25) is 5.91 Å². The van der Waals surface area contributed by atoms with Crippen molar-refractivity contribution in [2.45, 2.75) is 12.4 Å². The van der Waals surface area contributed by atoms with E-state index in [2.05, 4.69) is 5.32 Å². The van der Waals surface area contributed by atoms with Crippen molar-refractivity contribution in [3.05, 3.63) is 23.3 Å². The fourth-order valence-corrected chi connectivity index (χ4v) is 2.72. The van der Waals surface area contributed by atoms with Gasteiger partial charge in [0.1, 0.15) is 17.1 Å². The molecule has 1 atom stereocenters. The molecule has 0 saturated heterocycles. The van der Waals surface area contributed by atoms with Crippen LogP contribution in [-0.2, 0) is 4.79 Å². The standard InChI is InChI=1S/C13H16BNO6S/c1-20-9-4-3-7-8(15-10(16)6-22-2)5-14(19)21-12(7)11(9)13(17)18/h3-4,8,19H,5-6H2,1-2H3,(H,15,16)(H,17,18). The zero-order valence-corrected chi connectivity index (χ0v) is 13.0. The normalized spacial score (nSPS) is 16.5. The first-order chi connectivity index (χ1) is 10.5. The Bertz CT molecular complexity index is 596. The van der Waals surface area contributed by atoms with Crippen LogP contribution in [0.4, 0.5) is 0 Å². The van der Waals surface area contributed by atoms with Crippen molar-refractivity contribution in [1.29, 1.82) is 0 Å². The second kappa shape index (κ2) is 6.93. The topological polar surface area (TPSA) is 105 Å². The van der Waals surface area contributed by atoms with Crippen molar-refractivity contribution < 1.29 is 29.1 Å². The van der Waals surface area contributed by atoms with Gasteiger partial charge in [0, 0.05) is 11.9 Å². The number of nitrogens with one attached hydrogen (secondary N) is 1. The van der Waals surface area contributed by atoms with Crippen LogP contribution in [0.3, 0.4) is 0 Å². The summed E-state index contributed by atoms with van der Waals surface area (Å²) in [5, 5.41) is 22.0. The number of carbonyl (C=O) groups excluding carboxylic acids is 1. The molecule has 0 radical (unpaired) electrons. The van der Waals surface area contributed by atoms with Crippen molar-refractivity contribution in [3.8, 4) is 11.5 Å². The molecule has 9 heteroatoms. The quantitative estimate of drug-likeness (QED) is 0.687. The third-order valence-electron chi connectivity index (χ3n) is 3.26. The fraction of sp³-hybridized carbons (Fsp3) is 0.385. The summed E-state index contributed by atoms with van der Waals surface area (Å²) in [6, 6.07) is 2.63. The molecule has 1 aliphatic rings. The molecule has 1 amide bonds. The smallest absolute Gasteiger partial charge is 0.525 e. The van der Waals surface area contributed by atoms with Crippen LogP contribution in [0.1, 0.15) is 22.0 Å². The summed E-state index contributed by atoms with van der Waals surface area (Å²) in [5.41, 5.74) is 0.348. The van der Waals surface area contributed by atoms with Gasteiger partial charge in [0.05, 0.1) is 18.9 Å². The number of hydrogen-bond acceptors (Lipinski definition) is 6. The van der Waals surface area contributed by atoms with Gasteiger partial charge >= 0.3 is 13.1 Å². The van der Waals surface area contributed by atoms with E-state index in [9.17, 15) is 19.7 Å². The molecule has 1 aromatic rings. The first-order valence-electron chi connectivity index (χ1n) is 6.55. The van der Waals surface area contributed by atoms with E-state index in [-0.39, 0.29) is 35.0 Å². The number of aromatic carboxylic acids is 1. The van der Waals surface area contributed by atoms with Crippen LogP contribution in [0.2, 0.25) is 6.32 Å². The molecule has 118 valence electrons. The Morgan fingerprint density at radius 3 is 2.86 bits per heavy atom. The zero-order chi connectivity index (χ0) is 16.3. The Kier molecular flexibility index (Phi) is 5.20. The van der Waals surface area contributed by atoms with Crippen LogP contribution in [-0.4, -0.2) is 48.2 Å². The highest BCUT2D eigenvalue weighted by atomic mass is 32.2. The largest absolute Gasteiger partial charge is 0.535 e. The predicted octanol–water partition coefficient (Wildman–Crippen LogP) is 0.787. The van der Waals surface area contributed by atoms with Crippen LogP contribution in [0.5, 0.6) is 11.5 Å². The molecule has 0 saturated carbocycles. The summed E-state index contributed by atoms with van der Waals surface area (Å²) >= 11 is 1.37. The van der Waals surface area contributed by atoms with Gasteiger partial charge < -0.3 is 24.8 Å². The van der Waals surface area contributed by atoms with Gasteiger partial charge in [-0.2, -0.15) is 11.8 Å². The van der Waals surface area contributed by atoms with Gasteiger partial charge in [-0.3, -0.25) is 4.79 Å². The average molecular weight is 325 g/mol. The zero-order valence-electron chi connectivity index (χ0n) is 12.2. The summed E-state index contributed by atoms with van der Waals surface area (Å²) in [4.78, 5) is 23.2. The van der Waals surface area contributed by atoms with Gasteiger partial charge in [0.25, 0.3) is 0 Å². The molecule has 3 N–H and O–H groups in total. The molecule has 0 aromatic heterocycles. The Hall–Kier alpha value is -1.87. The number of carboxylic acids is 1. The molecule has 0 spiro atoms. The highest BCUT2D eigenvalue weighted by molar-refractivity contribution is 7.99. The molecule has 1 aliphatic heterocycles. The highest BCUT2D eigenvalue weighted by Crippen LogP contribution is 2.40. The summed E-state index contributed by atoms with van der Waals surface area (Å²) in [6.45, 7) is 0. The minimum absolute atomic E-state index is 0.0278. The molecule has 0 aliphatic carbocycles. The van der Waals surface area contributed by atoms with Crippen molar-refractivity contribution in [1.82, 2.24) is 5.32 Å². The van der Waals surface area contributed by atoms with Crippen LogP contribution >= 0.6 is 11.8 Å². The third kappa shape index (κ3) is 3.31. The number of methoxy groups -OCH3 is 1. The van der Waals surface area contributed by atoms with Crippen molar-refractivity contribution in [3.63, 3.8) is 0 Å². The fourth-order valence-electron chi connectivity index (χ4n) is 2.37. The first kappa shape index (κ1) is 16.5. The molecule has 22 heavy (non-hydrogen) atoms. The van der Waals surface area contributed by atoms with Crippen molar-refractivity contribution in [2.24, 2.45) is 0 Å². The van der Waals surface area contributed by atoms with E-state index < -0.39 is 19.1 Å². The number of fused-ring (bicyclic) bond motifs is 1. The van der Waals surface area contributed by atoms with E-state index in [1.54, 1.807) is 12.3 Å². The lowest BCUT2D eigenvalue weighted by Crippen LogP contribution is -2.39. The van der Waals surface area contributed by atoms with Crippen molar-refractivity contribution in [2.75, 3.05) is 19.1 Å². The maximum absolute atomic E-state index is 11.8. The van der Waals surface area contributed by atoms with Gasteiger partial charge in [0.15, 0.2) is 0 Å². The highest BCUT2D eigenvalue weighted by Gasteiger charge is 2.36. The molecular weight excluding hydrogens is 309 g/mol. The lowest BCUT2D eigenvalue weighted by molar-refractivity contribution is -0.119. The molecule has 1 aromatic carbocycles. The van der Waals surface area contributed by atoms with Gasteiger partial charge in [-0.25, -0.2) is 4.79 Å². The Morgan fingerprint density at radius 1 is 1.55 bits per heavy atom. The van der Waals surface area contributed by atoms with E-state index >= 15 is 0 Å². The van der Waals surface area contributed by atoms with E-state index in [0.29, 0.717) is 5.56 Å². The number of benzene rings is 1. The average Bonchev–Trinajstić information content (AvgIpc) is 2.45. The molecular formula is C13H16BNO6S. The molecule has 1 heterocycles. The van der Waals surface area contributed by atoms with Gasteiger partial charge in [-0.05, 0) is 18.4 Å². The van der Waals surface area contributed by atoms with Crippen LogP contribution in [0.15, 0.2) is 12.1 Å². The third-order valence-corrected chi connectivity index (χ3v) is 3.81. The van der Waals surface area contributed by atoms with Gasteiger partial charge in [-0.1, -0.05) is 0 Å². The summed E-state index contributed by atoms with van der Waals surface area (Å²) in [5.74, 6) is -0.970. The number of thioether (sulfide) groups is 1. The molecule has 0 bridgehead atoms. The molecule has 2 rings (SSSR count). The number of carboxylic acid groups (broad SMARTS) is 1. The maximum Gasteiger partial charge on any atom is 0.525 e. The van der Waals surface area contributed by atoms with Crippen molar-refractivity contribution >= 4 is 30.8 Å². The summed E-state index contributed by atoms with van der Waals surface area (Å²) < 4.78 is 10.3. The maximum atomic E-state index is 11.8. The SMILES string of the molecule is COc1ccc2c(c1C(=O)O)OB(O)CC2NC(=O)CSC. The number of rotatable bonds is 5. The van der Waals surface area contributed by atoms with E-state index in [0.717, 1.165) is 0 Å². The van der Waals surface area contributed by atoms with Gasteiger partial charge in [-0.15, -0.1) is 0 Å². The Balaban J connectivity index is 2.43. The molecule has 0 fully saturated rings. The van der Waals surface area contributed by atoms with Crippen LogP contribution in [0.25, 0.3) is 0 Å². The van der Waals surface area contributed by atoms with E-state index in [1.807, 2.05) is 0 Å². The molecule has 7 nitrogen and oxygen atoms in total. The van der Waals surface area contributed by atoms with E-state index in [1.165, 1.54) is 24.9 Å². The summed E-state index contributed by atoms with van der Waals surface area (Å²) in [7, 11) is 0.155. The lowest BCUT2D eigenvalue weighted by atomic mass is 9.75. The minimum Gasteiger partial charge on any atom is -0.535 e. The monoisotopic (exact) mass is 325 g/mol. The van der Waals surface area contributed by atoms with Crippen LogP contribution in [0, 0.1) is 0 Å². The second-order valence-electron chi connectivity index (χ2n) is 4.73. The lowest BCUT2D eigenvalue weighted by Gasteiger charge is -2.29. The second-order valence-corrected chi connectivity index (χ2v) is 5.59. The number of carbonyl (C=O) groups is 2. The number of ether oxygens (including phenoxy) is 1. The molecule has 1 unspecified atom stereocenters. The number of hydrogen-bond donors (Lipinski definition) is 3. The Labute approximate surface area is 132 Å². The van der Waals surface area contributed by atoms with Crippen LogP contribution < -0.4 is 14.7 Å². The van der Waals surface area contributed by atoms with E-state index in [4.69, 9.17) is 9.39 Å². The summed E-state index contributed by atoms with van der Waals surface area (Å²) in [6.07, 6.45) is 1.96. The minimum atomic E-state index is -1.23. The first-order valence-corrected chi connectivity index (χ1v) is 7.94. The predicted molar refractivity (Wildman–Crippen MR) is 82.6 cm³/mol. The Morgan fingerprint density at radius 2 is 2.27 bits per heavy atom. The number of amides is 1.